The van der Waals surface area contributed by atoms with Gasteiger partial charge in [-0.2, -0.15) is 10.5 Å². The van der Waals surface area contributed by atoms with Crippen molar-refractivity contribution in [2.75, 3.05) is 11.9 Å². The smallest absolute Gasteiger partial charge is 0.186 e. The lowest BCUT2D eigenvalue weighted by molar-refractivity contribution is 0.125. The molecule has 2 aromatic carbocycles. The molecular weight excluding hydrogens is 352 g/mol. The molecule has 140 valence electrons. The van der Waals surface area contributed by atoms with Crippen LogP contribution in [0.3, 0.4) is 0 Å². The molecule has 5 nitrogen and oxygen atoms in total. The van der Waals surface area contributed by atoms with E-state index >= 15 is 0 Å². The van der Waals surface area contributed by atoms with E-state index in [4.69, 9.17) is 14.7 Å². The first-order chi connectivity index (χ1) is 12.7. The van der Waals surface area contributed by atoms with Crippen LogP contribution in [-0.2, 0) is 0 Å². The summed E-state index contributed by atoms with van der Waals surface area (Å²) in [5.41, 5.74) is -2.13. The normalized spacial score (nSPS) is 10.7. The first kappa shape index (κ1) is 20.0. The zero-order valence-electron chi connectivity index (χ0n) is 15.5. The summed E-state index contributed by atoms with van der Waals surface area (Å²) in [6.45, 7) is 7.33. The van der Waals surface area contributed by atoms with E-state index in [9.17, 15) is 14.0 Å². The number of nitrogens with zero attached hydrogens (tertiary/aromatic N) is 2. The van der Waals surface area contributed by atoms with Crippen molar-refractivity contribution in [3.05, 3.63) is 47.0 Å². The summed E-state index contributed by atoms with van der Waals surface area (Å²) in [5, 5.41) is 21.1. The Balaban J connectivity index is 2.60. The standard InChI is InChI=1S/C20H19F2N3O2/c1-5-26-13-8-6-12(7-9-13)25-18-16(21)14(10-23)15(11-24)17(22)19(18)27-20(2,3)4/h6-9,25H,5H2,1-4H3. The molecule has 0 spiro atoms. The van der Waals surface area contributed by atoms with E-state index in [1.165, 1.54) is 6.07 Å². The molecule has 0 saturated heterocycles. The number of ether oxygens (including phenoxy) is 2. The lowest BCUT2D eigenvalue weighted by atomic mass is 10.0. The zero-order valence-corrected chi connectivity index (χ0v) is 15.5. The molecule has 0 amide bonds. The molecule has 7 heteroatoms. The Morgan fingerprint density at radius 2 is 1.56 bits per heavy atom. The van der Waals surface area contributed by atoms with Crippen molar-refractivity contribution in [3.63, 3.8) is 0 Å². The van der Waals surface area contributed by atoms with Crippen molar-refractivity contribution in [2.45, 2.75) is 33.3 Å². The van der Waals surface area contributed by atoms with Crippen LogP contribution in [0.5, 0.6) is 11.5 Å². The van der Waals surface area contributed by atoms with Gasteiger partial charge < -0.3 is 14.8 Å². The monoisotopic (exact) mass is 371 g/mol. The summed E-state index contributed by atoms with van der Waals surface area (Å²) in [7, 11) is 0. The van der Waals surface area contributed by atoms with E-state index in [2.05, 4.69) is 5.32 Å². The Morgan fingerprint density at radius 3 is 2.04 bits per heavy atom. The van der Waals surface area contributed by atoms with E-state index in [0.29, 0.717) is 18.0 Å². The average molecular weight is 371 g/mol. The second-order valence-electron chi connectivity index (χ2n) is 6.60. The van der Waals surface area contributed by atoms with E-state index < -0.39 is 34.1 Å². The molecule has 0 aliphatic heterocycles. The fraction of sp³-hybridized carbons (Fsp3) is 0.300. The zero-order chi connectivity index (χ0) is 20.2. The van der Waals surface area contributed by atoms with Gasteiger partial charge in [0.15, 0.2) is 17.4 Å². The SMILES string of the molecule is CCOc1ccc(Nc2c(F)c(C#N)c(C#N)c(F)c2OC(C)(C)C)cc1. The van der Waals surface area contributed by atoms with E-state index in [-0.39, 0.29) is 5.69 Å². The highest BCUT2D eigenvalue weighted by molar-refractivity contribution is 5.72. The molecule has 0 bridgehead atoms. The molecule has 0 heterocycles. The molecule has 2 rings (SSSR count). The highest BCUT2D eigenvalue weighted by atomic mass is 19.1. The number of halogens is 2. The Kier molecular flexibility index (Phi) is 5.87. The van der Waals surface area contributed by atoms with Gasteiger partial charge in [0.2, 0.25) is 0 Å². The van der Waals surface area contributed by atoms with Crippen LogP contribution in [0.25, 0.3) is 0 Å². The van der Waals surface area contributed by atoms with Crippen LogP contribution in [0.1, 0.15) is 38.8 Å². The quantitative estimate of drug-likeness (QED) is 0.798. The lowest BCUT2D eigenvalue weighted by Gasteiger charge is -2.25. The molecule has 0 fully saturated rings. The molecule has 0 aliphatic rings. The third-order valence-corrected chi connectivity index (χ3v) is 3.40. The number of benzene rings is 2. The molecule has 0 saturated carbocycles. The Morgan fingerprint density at radius 1 is 1.00 bits per heavy atom. The van der Waals surface area contributed by atoms with Gasteiger partial charge in [-0.25, -0.2) is 8.78 Å². The average Bonchev–Trinajstić information content (AvgIpc) is 2.61. The first-order valence-corrected chi connectivity index (χ1v) is 8.25. The fourth-order valence-corrected chi connectivity index (χ4v) is 2.34. The van der Waals surface area contributed by atoms with Crippen molar-refractivity contribution < 1.29 is 18.3 Å². The lowest BCUT2D eigenvalue weighted by Crippen LogP contribution is -2.25. The number of hydrogen-bond acceptors (Lipinski definition) is 5. The molecule has 0 aliphatic carbocycles. The maximum atomic E-state index is 14.9. The van der Waals surface area contributed by atoms with E-state index in [0.717, 1.165) is 0 Å². The molecule has 0 aromatic heterocycles. The van der Waals surface area contributed by atoms with Crippen molar-refractivity contribution in [2.24, 2.45) is 0 Å². The van der Waals surface area contributed by atoms with Crippen LogP contribution in [0.4, 0.5) is 20.2 Å². The fourth-order valence-electron chi connectivity index (χ4n) is 2.34. The number of nitriles is 2. The van der Waals surface area contributed by atoms with Gasteiger partial charge in [-0.3, -0.25) is 0 Å². The Bertz CT molecular complexity index is 921. The summed E-state index contributed by atoms with van der Waals surface area (Å²) in [5.74, 6) is -1.97. The first-order valence-electron chi connectivity index (χ1n) is 8.25. The van der Waals surface area contributed by atoms with Crippen LogP contribution in [0.15, 0.2) is 24.3 Å². The summed E-state index contributed by atoms with van der Waals surface area (Å²) in [4.78, 5) is 0. The topological polar surface area (TPSA) is 78.1 Å². The van der Waals surface area contributed by atoms with E-state index in [1.807, 2.05) is 6.92 Å². The molecule has 1 N–H and O–H groups in total. The van der Waals surface area contributed by atoms with Crippen molar-refractivity contribution in [1.29, 1.82) is 10.5 Å². The molecular formula is C20H19F2N3O2. The number of hydrogen-bond donors (Lipinski definition) is 1. The van der Waals surface area contributed by atoms with Gasteiger partial charge in [0, 0.05) is 5.69 Å². The van der Waals surface area contributed by atoms with E-state index in [1.54, 1.807) is 51.1 Å². The minimum atomic E-state index is -1.08. The molecule has 0 unspecified atom stereocenters. The van der Waals surface area contributed by atoms with Gasteiger partial charge in [0.25, 0.3) is 0 Å². The summed E-state index contributed by atoms with van der Waals surface area (Å²) >= 11 is 0. The maximum Gasteiger partial charge on any atom is 0.186 e. The van der Waals surface area contributed by atoms with Gasteiger partial charge in [-0.15, -0.1) is 0 Å². The number of anilines is 2. The number of nitrogens with one attached hydrogen (secondary N) is 1. The third kappa shape index (κ3) is 4.45. The van der Waals surface area contributed by atoms with Gasteiger partial charge in [0.05, 0.1) is 6.61 Å². The third-order valence-electron chi connectivity index (χ3n) is 3.40. The minimum Gasteiger partial charge on any atom is -0.494 e. The van der Waals surface area contributed by atoms with Crippen LogP contribution < -0.4 is 14.8 Å². The van der Waals surface area contributed by atoms with Crippen LogP contribution in [-0.4, -0.2) is 12.2 Å². The van der Waals surface area contributed by atoms with Crippen molar-refractivity contribution >= 4 is 11.4 Å². The van der Waals surface area contributed by atoms with Crippen LogP contribution in [0, 0.1) is 34.3 Å². The second-order valence-corrected chi connectivity index (χ2v) is 6.60. The number of rotatable bonds is 5. The predicted octanol–water partition coefficient (Wildman–Crippen LogP) is 5.03. The minimum absolute atomic E-state index is 0.345. The van der Waals surface area contributed by atoms with Gasteiger partial charge in [0.1, 0.15) is 40.3 Å². The molecule has 2 aromatic rings. The molecule has 0 atom stereocenters. The molecule has 27 heavy (non-hydrogen) atoms. The summed E-state index contributed by atoms with van der Waals surface area (Å²) < 4.78 is 40.7. The van der Waals surface area contributed by atoms with Crippen LogP contribution in [0.2, 0.25) is 0 Å². The van der Waals surface area contributed by atoms with Crippen LogP contribution >= 0.6 is 0 Å². The highest BCUT2D eigenvalue weighted by Crippen LogP contribution is 2.39. The maximum absolute atomic E-state index is 14.9. The van der Waals surface area contributed by atoms with Crippen molar-refractivity contribution in [3.8, 4) is 23.6 Å². The predicted molar refractivity (Wildman–Crippen MR) is 97.1 cm³/mol. The van der Waals surface area contributed by atoms with Gasteiger partial charge in [-0.05, 0) is 52.0 Å². The Hall–Kier alpha value is -3.32. The van der Waals surface area contributed by atoms with Gasteiger partial charge >= 0.3 is 0 Å². The van der Waals surface area contributed by atoms with Crippen molar-refractivity contribution in [1.82, 2.24) is 0 Å². The largest absolute Gasteiger partial charge is 0.494 e. The highest BCUT2D eigenvalue weighted by Gasteiger charge is 2.29. The Labute approximate surface area is 156 Å². The molecule has 0 radical (unpaired) electrons. The summed E-state index contributed by atoms with van der Waals surface area (Å²) in [6, 6.07) is 9.65. The second kappa shape index (κ2) is 7.92. The van der Waals surface area contributed by atoms with Gasteiger partial charge in [-0.1, -0.05) is 0 Å². The summed E-state index contributed by atoms with van der Waals surface area (Å²) in [6.07, 6.45) is 0.